The van der Waals surface area contributed by atoms with Gasteiger partial charge < -0.3 is 15.7 Å². The van der Waals surface area contributed by atoms with Crippen molar-refractivity contribution in [2.75, 3.05) is 24.2 Å². The summed E-state index contributed by atoms with van der Waals surface area (Å²) in [5.41, 5.74) is 9.08. The van der Waals surface area contributed by atoms with Crippen LogP contribution in [0.2, 0.25) is 0 Å². The zero-order valence-electron chi connectivity index (χ0n) is 9.98. The second kappa shape index (κ2) is 4.34. The third-order valence-electron chi connectivity index (χ3n) is 3.50. The van der Waals surface area contributed by atoms with Gasteiger partial charge in [0, 0.05) is 25.0 Å². The highest BCUT2D eigenvalue weighted by Crippen LogP contribution is 2.30. The molecule has 0 saturated heterocycles. The summed E-state index contributed by atoms with van der Waals surface area (Å²) < 4.78 is 0. The van der Waals surface area contributed by atoms with Crippen LogP contribution < -0.4 is 10.6 Å². The molecule has 0 heterocycles. The molecule has 1 aromatic rings. The summed E-state index contributed by atoms with van der Waals surface area (Å²) in [4.78, 5) is 2.24. The smallest absolute Gasteiger partial charge is 0.0546 e. The second-order valence-corrected chi connectivity index (χ2v) is 4.86. The lowest BCUT2D eigenvalue weighted by molar-refractivity contribution is 0.0465. The number of anilines is 2. The molecular formula is C13H20N2O. The highest BCUT2D eigenvalue weighted by molar-refractivity contribution is 5.63. The normalized spacial score (nSPS) is 23.9. The molecule has 3 nitrogen and oxygen atoms in total. The Morgan fingerprint density at radius 3 is 2.75 bits per heavy atom. The highest BCUT2D eigenvalue weighted by atomic mass is 16.3. The van der Waals surface area contributed by atoms with Gasteiger partial charge >= 0.3 is 0 Å². The van der Waals surface area contributed by atoms with Crippen LogP contribution in [-0.2, 0) is 0 Å². The quantitative estimate of drug-likeness (QED) is 0.763. The lowest BCUT2D eigenvalue weighted by Crippen LogP contribution is -2.37. The fourth-order valence-electron chi connectivity index (χ4n) is 2.39. The molecule has 0 radical (unpaired) electrons. The van der Waals surface area contributed by atoms with Crippen LogP contribution in [0.15, 0.2) is 18.2 Å². The molecule has 3 N–H and O–H groups in total. The Labute approximate surface area is 96.9 Å². The number of nitrogens with zero attached hydrogens (tertiary/aromatic N) is 1. The van der Waals surface area contributed by atoms with Crippen LogP contribution in [0.5, 0.6) is 0 Å². The van der Waals surface area contributed by atoms with Crippen molar-refractivity contribution in [1.82, 2.24) is 0 Å². The molecule has 0 amide bonds. The van der Waals surface area contributed by atoms with Gasteiger partial charge in [0.2, 0.25) is 0 Å². The summed E-state index contributed by atoms with van der Waals surface area (Å²) in [6.45, 7) is 3.05. The Morgan fingerprint density at radius 1 is 1.44 bits per heavy atom. The fourth-order valence-corrected chi connectivity index (χ4v) is 2.39. The summed E-state index contributed by atoms with van der Waals surface area (Å²) in [5, 5.41) is 9.26. The monoisotopic (exact) mass is 220 g/mol. The third kappa shape index (κ3) is 2.14. The van der Waals surface area contributed by atoms with Crippen molar-refractivity contribution in [3.63, 3.8) is 0 Å². The Hall–Kier alpha value is -1.22. The lowest BCUT2D eigenvalue weighted by Gasteiger charge is -2.35. The maximum absolute atomic E-state index is 9.26. The first-order valence-electron chi connectivity index (χ1n) is 5.82. The number of aliphatic hydroxyl groups is 1. The molecule has 88 valence electrons. The predicted octanol–water partition coefficient (Wildman–Crippen LogP) is 1.78. The van der Waals surface area contributed by atoms with E-state index in [0.717, 1.165) is 30.6 Å². The molecule has 1 aliphatic carbocycles. The van der Waals surface area contributed by atoms with E-state index in [-0.39, 0.29) is 6.10 Å². The molecule has 1 fully saturated rings. The fraction of sp³-hybridized carbons (Fsp3) is 0.538. The number of hydrogen-bond acceptors (Lipinski definition) is 3. The Morgan fingerprint density at radius 2 is 2.12 bits per heavy atom. The second-order valence-electron chi connectivity index (χ2n) is 4.86. The first kappa shape index (κ1) is 11.3. The van der Waals surface area contributed by atoms with E-state index < -0.39 is 0 Å². The van der Waals surface area contributed by atoms with Gasteiger partial charge in [0.15, 0.2) is 0 Å². The lowest BCUT2D eigenvalue weighted by atomic mass is 9.82. The van der Waals surface area contributed by atoms with Gasteiger partial charge in [0.05, 0.1) is 6.10 Å². The van der Waals surface area contributed by atoms with E-state index >= 15 is 0 Å². The minimum atomic E-state index is -0.0691. The number of nitrogen functional groups attached to an aromatic ring is 1. The summed E-state index contributed by atoms with van der Waals surface area (Å²) in [5.74, 6) is 0.626. The summed E-state index contributed by atoms with van der Waals surface area (Å²) in [6, 6.07) is 6.02. The van der Waals surface area contributed by atoms with Gasteiger partial charge in [0.1, 0.15) is 0 Å². The van der Waals surface area contributed by atoms with Crippen molar-refractivity contribution in [1.29, 1.82) is 0 Å². The first-order valence-corrected chi connectivity index (χ1v) is 5.82. The van der Waals surface area contributed by atoms with Crippen molar-refractivity contribution in [2.24, 2.45) is 5.92 Å². The number of aliphatic hydroxyl groups excluding tert-OH is 1. The molecule has 16 heavy (non-hydrogen) atoms. The van der Waals surface area contributed by atoms with Gasteiger partial charge in [-0.15, -0.1) is 0 Å². The van der Waals surface area contributed by atoms with E-state index in [9.17, 15) is 5.11 Å². The van der Waals surface area contributed by atoms with Crippen LogP contribution in [0, 0.1) is 12.8 Å². The van der Waals surface area contributed by atoms with Gasteiger partial charge in [-0.25, -0.2) is 0 Å². The van der Waals surface area contributed by atoms with E-state index in [0.29, 0.717) is 5.92 Å². The van der Waals surface area contributed by atoms with Crippen molar-refractivity contribution in [3.05, 3.63) is 23.8 Å². The van der Waals surface area contributed by atoms with Crippen molar-refractivity contribution < 1.29 is 5.11 Å². The van der Waals surface area contributed by atoms with Crippen LogP contribution >= 0.6 is 0 Å². The van der Waals surface area contributed by atoms with E-state index in [1.54, 1.807) is 0 Å². The Kier molecular flexibility index (Phi) is 3.06. The van der Waals surface area contributed by atoms with Crippen LogP contribution in [-0.4, -0.2) is 24.8 Å². The first-order chi connectivity index (χ1) is 7.58. The van der Waals surface area contributed by atoms with Gasteiger partial charge in [-0.05, 0) is 43.4 Å². The van der Waals surface area contributed by atoms with Crippen LogP contribution in [0.4, 0.5) is 11.4 Å². The van der Waals surface area contributed by atoms with Gasteiger partial charge in [-0.2, -0.15) is 0 Å². The minimum absolute atomic E-state index is 0.0691. The molecular weight excluding hydrogens is 200 g/mol. The van der Waals surface area contributed by atoms with E-state index in [1.807, 2.05) is 12.1 Å². The summed E-state index contributed by atoms with van der Waals surface area (Å²) in [6.07, 6.45) is 1.80. The topological polar surface area (TPSA) is 49.5 Å². The zero-order valence-corrected chi connectivity index (χ0v) is 9.98. The molecule has 1 aliphatic rings. The molecule has 3 heteroatoms. The van der Waals surface area contributed by atoms with Crippen molar-refractivity contribution in [2.45, 2.75) is 25.9 Å². The zero-order chi connectivity index (χ0) is 11.7. The van der Waals surface area contributed by atoms with Crippen LogP contribution in [0.25, 0.3) is 0 Å². The van der Waals surface area contributed by atoms with Crippen molar-refractivity contribution >= 4 is 11.4 Å². The molecule has 2 rings (SSSR count). The number of hydrogen-bond donors (Lipinski definition) is 2. The van der Waals surface area contributed by atoms with Gasteiger partial charge in [-0.3, -0.25) is 0 Å². The van der Waals surface area contributed by atoms with E-state index in [1.165, 1.54) is 5.69 Å². The largest absolute Gasteiger partial charge is 0.398 e. The number of rotatable bonds is 3. The predicted molar refractivity (Wildman–Crippen MR) is 67.6 cm³/mol. The van der Waals surface area contributed by atoms with Crippen LogP contribution in [0.3, 0.4) is 0 Å². The molecule has 0 unspecified atom stereocenters. The maximum Gasteiger partial charge on any atom is 0.0546 e. The molecule has 0 spiro atoms. The summed E-state index contributed by atoms with van der Waals surface area (Å²) in [7, 11) is 2.09. The molecule has 0 bridgehead atoms. The molecule has 1 saturated carbocycles. The summed E-state index contributed by atoms with van der Waals surface area (Å²) >= 11 is 0. The Balaban J connectivity index is 2.03. The van der Waals surface area contributed by atoms with Gasteiger partial charge in [-0.1, -0.05) is 6.07 Å². The number of benzene rings is 1. The van der Waals surface area contributed by atoms with Crippen LogP contribution in [0.1, 0.15) is 18.4 Å². The third-order valence-corrected chi connectivity index (χ3v) is 3.50. The average Bonchev–Trinajstić information content (AvgIpc) is 2.19. The number of nitrogens with two attached hydrogens (primary N) is 1. The minimum Gasteiger partial charge on any atom is -0.398 e. The molecule has 0 atom stereocenters. The van der Waals surface area contributed by atoms with Gasteiger partial charge in [0.25, 0.3) is 0 Å². The SMILES string of the molecule is Cc1c(N)cccc1N(C)CC1CC(O)C1. The molecule has 0 aliphatic heterocycles. The maximum atomic E-state index is 9.26. The standard InChI is InChI=1S/C13H20N2O/c1-9-12(14)4-3-5-13(9)15(2)8-10-6-11(16)7-10/h3-5,10-11,16H,6-8,14H2,1-2H3. The Bertz CT molecular complexity index is 372. The van der Waals surface area contributed by atoms with E-state index in [4.69, 9.17) is 5.73 Å². The molecule has 1 aromatic carbocycles. The van der Waals surface area contributed by atoms with E-state index in [2.05, 4.69) is 24.9 Å². The molecule has 0 aromatic heterocycles. The average molecular weight is 220 g/mol. The highest BCUT2D eigenvalue weighted by Gasteiger charge is 2.28. The van der Waals surface area contributed by atoms with Crippen molar-refractivity contribution in [3.8, 4) is 0 Å².